The number of likely N-dealkylation sites (tertiary alicyclic amines) is 1. The van der Waals surface area contributed by atoms with Gasteiger partial charge < -0.3 is 10.6 Å². The second kappa shape index (κ2) is 12.1. The van der Waals surface area contributed by atoms with Crippen molar-refractivity contribution < 1.29 is 9.59 Å². The summed E-state index contributed by atoms with van der Waals surface area (Å²) in [5.41, 5.74) is 3.36. The van der Waals surface area contributed by atoms with Gasteiger partial charge in [0.15, 0.2) is 0 Å². The number of carbonyl (C=O) groups excluding carboxylic acids is 2. The summed E-state index contributed by atoms with van der Waals surface area (Å²) in [6, 6.07) is 24.1. The largest absolute Gasteiger partial charge is 0.354 e. The third-order valence-electron chi connectivity index (χ3n) is 6.23. The predicted octanol–water partition coefficient (Wildman–Crippen LogP) is 2.96. The maximum atomic E-state index is 12.7. The van der Waals surface area contributed by atoms with Gasteiger partial charge >= 0.3 is 0 Å². The highest BCUT2D eigenvalue weighted by Crippen LogP contribution is 2.20. The Labute approximate surface area is 201 Å². The van der Waals surface area contributed by atoms with Gasteiger partial charge in [-0.25, -0.2) is 0 Å². The maximum absolute atomic E-state index is 12.7. The molecule has 2 heterocycles. The first kappa shape index (κ1) is 23.6. The van der Waals surface area contributed by atoms with Crippen molar-refractivity contribution in [3.63, 3.8) is 0 Å². The van der Waals surface area contributed by atoms with Crippen molar-refractivity contribution in [2.24, 2.45) is 0 Å². The number of amides is 2. The minimum absolute atomic E-state index is 0.0170. The normalized spacial score (nSPS) is 16.6. The number of aromatic nitrogens is 1. The highest BCUT2D eigenvalue weighted by atomic mass is 16.2. The standard InChI is InChI=1S/C28H32N4O2/c33-27(17-22-8-3-1-4-9-22)31-26-13-15-32(20-26)21-28(34)30-19-25(24-11-5-2-6-12-24)16-23-10-7-14-29-18-23/h1-12,14,18,25-26H,13,15-17,19-21H2,(H,30,34)(H,31,33). The molecule has 0 saturated carbocycles. The van der Waals surface area contributed by atoms with Crippen LogP contribution in [0.4, 0.5) is 0 Å². The molecule has 6 heteroatoms. The van der Waals surface area contributed by atoms with Crippen LogP contribution in [0.2, 0.25) is 0 Å². The van der Waals surface area contributed by atoms with Crippen molar-refractivity contribution >= 4 is 11.8 Å². The van der Waals surface area contributed by atoms with Crippen molar-refractivity contribution in [2.75, 3.05) is 26.2 Å². The number of nitrogens with zero attached hydrogens (tertiary/aromatic N) is 2. The van der Waals surface area contributed by atoms with E-state index in [1.807, 2.05) is 60.8 Å². The van der Waals surface area contributed by atoms with Crippen LogP contribution >= 0.6 is 0 Å². The Morgan fingerprint density at radius 3 is 2.41 bits per heavy atom. The van der Waals surface area contributed by atoms with E-state index in [9.17, 15) is 9.59 Å². The Morgan fingerprint density at radius 2 is 1.68 bits per heavy atom. The van der Waals surface area contributed by atoms with Crippen molar-refractivity contribution in [3.05, 3.63) is 102 Å². The minimum atomic E-state index is 0.0170. The molecule has 0 bridgehead atoms. The zero-order valence-corrected chi connectivity index (χ0v) is 19.4. The van der Waals surface area contributed by atoms with E-state index in [2.05, 4.69) is 38.7 Å². The van der Waals surface area contributed by atoms with Crippen LogP contribution in [0.1, 0.15) is 29.0 Å². The molecule has 176 valence electrons. The lowest BCUT2D eigenvalue weighted by Crippen LogP contribution is -2.41. The quantitative estimate of drug-likeness (QED) is 0.492. The Kier molecular flexibility index (Phi) is 8.41. The molecule has 34 heavy (non-hydrogen) atoms. The zero-order chi connectivity index (χ0) is 23.6. The van der Waals surface area contributed by atoms with E-state index in [4.69, 9.17) is 0 Å². The third-order valence-corrected chi connectivity index (χ3v) is 6.23. The number of hydrogen-bond acceptors (Lipinski definition) is 4. The van der Waals surface area contributed by atoms with Gasteiger partial charge in [0.2, 0.25) is 11.8 Å². The molecule has 2 amide bonds. The average molecular weight is 457 g/mol. The first-order valence-corrected chi connectivity index (χ1v) is 11.9. The number of pyridine rings is 1. The summed E-state index contributed by atoms with van der Waals surface area (Å²) in [7, 11) is 0. The smallest absolute Gasteiger partial charge is 0.234 e. The van der Waals surface area contributed by atoms with Crippen LogP contribution in [0.25, 0.3) is 0 Å². The molecule has 2 unspecified atom stereocenters. The van der Waals surface area contributed by atoms with Crippen molar-refractivity contribution in [3.8, 4) is 0 Å². The molecule has 4 rings (SSSR count). The van der Waals surface area contributed by atoms with E-state index >= 15 is 0 Å². The van der Waals surface area contributed by atoms with Gasteiger partial charge in [-0.1, -0.05) is 66.7 Å². The van der Waals surface area contributed by atoms with E-state index in [1.54, 1.807) is 6.20 Å². The molecule has 2 atom stereocenters. The summed E-state index contributed by atoms with van der Waals surface area (Å²) in [5.74, 6) is 0.227. The Hall–Kier alpha value is -3.51. The summed E-state index contributed by atoms with van der Waals surface area (Å²) in [5, 5.41) is 6.24. The average Bonchev–Trinajstić information content (AvgIpc) is 3.29. The van der Waals surface area contributed by atoms with E-state index in [0.717, 1.165) is 30.5 Å². The van der Waals surface area contributed by atoms with Crippen LogP contribution in [-0.4, -0.2) is 53.9 Å². The molecule has 2 N–H and O–H groups in total. The molecule has 1 aromatic heterocycles. The van der Waals surface area contributed by atoms with E-state index < -0.39 is 0 Å². The molecule has 2 aromatic carbocycles. The molecule has 6 nitrogen and oxygen atoms in total. The molecule has 1 saturated heterocycles. The fraction of sp³-hybridized carbons (Fsp3) is 0.321. The molecule has 1 fully saturated rings. The van der Waals surface area contributed by atoms with Crippen LogP contribution < -0.4 is 10.6 Å². The van der Waals surface area contributed by atoms with Crippen LogP contribution in [0, 0.1) is 0 Å². The number of nitrogens with one attached hydrogen (secondary N) is 2. The zero-order valence-electron chi connectivity index (χ0n) is 19.4. The molecule has 0 spiro atoms. The van der Waals surface area contributed by atoms with Gasteiger partial charge in [-0.05, 0) is 35.6 Å². The van der Waals surface area contributed by atoms with E-state index in [-0.39, 0.29) is 23.8 Å². The molecular formula is C28H32N4O2. The molecule has 3 aromatic rings. The van der Waals surface area contributed by atoms with Gasteiger partial charge in [0, 0.05) is 44.0 Å². The van der Waals surface area contributed by atoms with Gasteiger partial charge in [0.05, 0.1) is 13.0 Å². The van der Waals surface area contributed by atoms with Gasteiger partial charge in [0.25, 0.3) is 0 Å². The second-order valence-corrected chi connectivity index (χ2v) is 8.93. The maximum Gasteiger partial charge on any atom is 0.234 e. The number of hydrogen-bond donors (Lipinski definition) is 2. The van der Waals surface area contributed by atoms with Gasteiger partial charge in [0.1, 0.15) is 0 Å². The Morgan fingerprint density at radius 1 is 0.941 bits per heavy atom. The van der Waals surface area contributed by atoms with Crippen LogP contribution in [0.15, 0.2) is 85.2 Å². The van der Waals surface area contributed by atoms with Crippen molar-refractivity contribution in [1.29, 1.82) is 0 Å². The highest BCUT2D eigenvalue weighted by molar-refractivity contribution is 5.79. The van der Waals surface area contributed by atoms with E-state index in [1.165, 1.54) is 5.56 Å². The SMILES string of the molecule is O=C(CN1CCC(NC(=O)Cc2ccccc2)C1)NCC(Cc1cccnc1)c1ccccc1. The lowest BCUT2D eigenvalue weighted by Gasteiger charge is -2.20. The predicted molar refractivity (Wildman–Crippen MR) is 133 cm³/mol. The topological polar surface area (TPSA) is 74.3 Å². The summed E-state index contributed by atoms with van der Waals surface area (Å²) < 4.78 is 0. The summed E-state index contributed by atoms with van der Waals surface area (Å²) in [6.45, 7) is 2.43. The Balaban J connectivity index is 1.23. The van der Waals surface area contributed by atoms with Crippen LogP contribution in [-0.2, 0) is 22.4 Å². The van der Waals surface area contributed by atoms with Crippen LogP contribution in [0.3, 0.4) is 0 Å². The van der Waals surface area contributed by atoms with Gasteiger partial charge in [-0.3, -0.25) is 19.5 Å². The van der Waals surface area contributed by atoms with Crippen molar-refractivity contribution in [1.82, 2.24) is 20.5 Å². The monoisotopic (exact) mass is 456 g/mol. The minimum Gasteiger partial charge on any atom is -0.354 e. The number of rotatable bonds is 10. The molecule has 1 aliphatic rings. The van der Waals surface area contributed by atoms with Gasteiger partial charge in [-0.2, -0.15) is 0 Å². The summed E-state index contributed by atoms with van der Waals surface area (Å²) >= 11 is 0. The van der Waals surface area contributed by atoms with Gasteiger partial charge in [-0.15, -0.1) is 0 Å². The third kappa shape index (κ3) is 7.25. The highest BCUT2D eigenvalue weighted by Gasteiger charge is 2.25. The lowest BCUT2D eigenvalue weighted by molar-refractivity contribution is -0.122. The first-order valence-electron chi connectivity index (χ1n) is 11.9. The molecular weight excluding hydrogens is 424 g/mol. The summed E-state index contributed by atoms with van der Waals surface area (Å²) in [6.07, 6.45) is 5.72. The fourth-order valence-electron chi connectivity index (χ4n) is 4.49. The van der Waals surface area contributed by atoms with E-state index in [0.29, 0.717) is 26.1 Å². The lowest BCUT2D eigenvalue weighted by atomic mass is 9.92. The summed E-state index contributed by atoms with van der Waals surface area (Å²) in [4.78, 5) is 31.4. The molecule has 1 aliphatic heterocycles. The Bertz CT molecular complexity index is 1040. The number of benzene rings is 2. The first-order chi connectivity index (χ1) is 16.7. The fourth-order valence-corrected chi connectivity index (χ4v) is 4.49. The second-order valence-electron chi connectivity index (χ2n) is 8.93. The number of carbonyl (C=O) groups is 2. The molecule has 0 aliphatic carbocycles. The molecule has 0 radical (unpaired) electrons. The van der Waals surface area contributed by atoms with Crippen LogP contribution in [0.5, 0.6) is 0 Å². The van der Waals surface area contributed by atoms with Crippen molar-refractivity contribution in [2.45, 2.75) is 31.2 Å².